The molecule has 4 heteroatoms. The molecule has 0 aliphatic carbocycles. The summed E-state index contributed by atoms with van der Waals surface area (Å²) in [6.07, 6.45) is 0.576. The molecule has 0 aliphatic rings. The molecule has 0 unspecified atom stereocenters. The predicted molar refractivity (Wildman–Crippen MR) is 81.6 cm³/mol. The lowest BCUT2D eigenvalue weighted by Gasteiger charge is -2.21. The molecule has 0 spiro atoms. The van der Waals surface area contributed by atoms with E-state index < -0.39 is 0 Å². The molecule has 0 aliphatic heterocycles. The molecule has 2 rings (SSSR count). The van der Waals surface area contributed by atoms with Gasteiger partial charge in [0.2, 0.25) is 0 Å². The van der Waals surface area contributed by atoms with Crippen LogP contribution in [0.2, 0.25) is 0 Å². The third kappa shape index (κ3) is 3.02. The van der Waals surface area contributed by atoms with Crippen LogP contribution in [0.15, 0.2) is 33.5 Å². The van der Waals surface area contributed by atoms with Crippen molar-refractivity contribution in [3.05, 3.63) is 40.2 Å². The Morgan fingerprint density at radius 1 is 1.20 bits per heavy atom. The van der Waals surface area contributed by atoms with Crippen molar-refractivity contribution in [2.75, 3.05) is 31.7 Å². The van der Waals surface area contributed by atoms with Crippen molar-refractivity contribution < 1.29 is 9.15 Å². The summed E-state index contributed by atoms with van der Waals surface area (Å²) < 4.78 is 10.4. The lowest BCUT2D eigenvalue weighted by Crippen LogP contribution is -2.21. The zero-order valence-electron chi connectivity index (χ0n) is 12.3. The smallest absolute Gasteiger partial charge is 0.339 e. The molecule has 2 aromatic rings. The molecular weight excluding hydrogens is 254 g/mol. The van der Waals surface area contributed by atoms with Crippen molar-refractivity contribution in [3.63, 3.8) is 0 Å². The van der Waals surface area contributed by atoms with E-state index in [0.29, 0.717) is 24.2 Å². The summed E-state index contributed by atoms with van der Waals surface area (Å²) in [6, 6.07) is 7.90. The van der Waals surface area contributed by atoms with Crippen molar-refractivity contribution in [3.8, 4) is 0 Å². The van der Waals surface area contributed by atoms with Crippen LogP contribution in [0.25, 0.3) is 11.0 Å². The minimum atomic E-state index is -0.272. The molecule has 0 amide bonds. The van der Waals surface area contributed by atoms with E-state index in [4.69, 9.17) is 9.15 Å². The molecule has 1 aromatic carbocycles. The fourth-order valence-corrected chi connectivity index (χ4v) is 2.31. The Bertz CT molecular complexity index is 629. The van der Waals surface area contributed by atoms with Gasteiger partial charge >= 0.3 is 5.63 Å². The molecule has 0 bridgehead atoms. The van der Waals surface area contributed by atoms with Crippen molar-refractivity contribution in [1.82, 2.24) is 0 Å². The Labute approximate surface area is 119 Å². The average molecular weight is 275 g/mol. The van der Waals surface area contributed by atoms with Gasteiger partial charge in [-0.15, -0.1) is 0 Å². The topological polar surface area (TPSA) is 42.7 Å². The van der Waals surface area contributed by atoms with Gasteiger partial charge in [-0.2, -0.15) is 0 Å². The van der Waals surface area contributed by atoms with Gasteiger partial charge in [-0.1, -0.05) is 0 Å². The van der Waals surface area contributed by atoms with Crippen molar-refractivity contribution in [2.45, 2.75) is 20.3 Å². The molecule has 0 atom stereocenters. The average Bonchev–Trinajstić information content (AvgIpc) is 2.46. The van der Waals surface area contributed by atoms with E-state index in [9.17, 15) is 4.79 Å². The number of benzene rings is 1. The standard InChI is InChI=1S/C16H21NO3/c1-4-17(5-2)14-7-6-12-10-13(8-9-19-3)16(18)20-15(12)11-14/h6-7,10-11H,4-5,8-9H2,1-3H3. The second-order valence-corrected chi connectivity index (χ2v) is 4.70. The van der Waals surface area contributed by atoms with Gasteiger partial charge in [0.1, 0.15) is 5.58 Å². The van der Waals surface area contributed by atoms with E-state index in [-0.39, 0.29) is 5.63 Å². The van der Waals surface area contributed by atoms with Crippen molar-refractivity contribution in [2.24, 2.45) is 0 Å². The number of methoxy groups -OCH3 is 1. The first-order valence-corrected chi connectivity index (χ1v) is 7.00. The maximum absolute atomic E-state index is 11.9. The van der Waals surface area contributed by atoms with Crippen LogP contribution in [0.1, 0.15) is 19.4 Å². The van der Waals surface area contributed by atoms with Gasteiger partial charge in [-0.05, 0) is 32.0 Å². The largest absolute Gasteiger partial charge is 0.422 e. The van der Waals surface area contributed by atoms with E-state index in [2.05, 4.69) is 24.8 Å². The fraction of sp³-hybridized carbons (Fsp3) is 0.438. The summed E-state index contributed by atoms with van der Waals surface area (Å²) in [6.45, 7) is 6.60. The highest BCUT2D eigenvalue weighted by atomic mass is 16.5. The summed E-state index contributed by atoms with van der Waals surface area (Å²) in [4.78, 5) is 14.1. The SMILES string of the molecule is CCN(CC)c1ccc2cc(CCOC)c(=O)oc2c1. The minimum Gasteiger partial charge on any atom is -0.422 e. The summed E-state index contributed by atoms with van der Waals surface area (Å²) in [7, 11) is 1.62. The van der Waals surface area contributed by atoms with Gasteiger partial charge in [0.15, 0.2) is 0 Å². The van der Waals surface area contributed by atoms with Gasteiger partial charge in [0.05, 0.1) is 6.61 Å². The molecule has 0 radical (unpaired) electrons. The van der Waals surface area contributed by atoms with Crippen LogP contribution < -0.4 is 10.5 Å². The first-order chi connectivity index (χ1) is 9.69. The molecule has 0 saturated carbocycles. The first-order valence-electron chi connectivity index (χ1n) is 7.00. The third-order valence-electron chi connectivity index (χ3n) is 3.50. The summed E-state index contributed by atoms with van der Waals surface area (Å²) in [5, 5.41) is 0.951. The second-order valence-electron chi connectivity index (χ2n) is 4.70. The zero-order chi connectivity index (χ0) is 14.5. The molecule has 20 heavy (non-hydrogen) atoms. The third-order valence-corrected chi connectivity index (χ3v) is 3.50. The highest BCUT2D eigenvalue weighted by molar-refractivity contribution is 5.81. The molecule has 0 saturated heterocycles. The molecular formula is C16H21NO3. The lowest BCUT2D eigenvalue weighted by atomic mass is 10.1. The molecule has 4 nitrogen and oxygen atoms in total. The van der Waals surface area contributed by atoms with E-state index in [1.165, 1.54) is 0 Å². The van der Waals surface area contributed by atoms with Crippen LogP contribution in [-0.4, -0.2) is 26.8 Å². The second kappa shape index (κ2) is 6.57. The molecule has 1 heterocycles. The van der Waals surface area contributed by atoms with Crippen LogP contribution in [-0.2, 0) is 11.2 Å². The predicted octanol–water partition coefficient (Wildman–Crippen LogP) is 2.83. The minimum absolute atomic E-state index is 0.272. The Kier molecular flexibility index (Phi) is 4.79. The first kappa shape index (κ1) is 14.6. The maximum Gasteiger partial charge on any atom is 0.339 e. The number of ether oxygens (including phenoxy) is 1. The Hall–Kier alpha value is -1.81. The van der Waals surface area contributed by atoms with Gasteiger partial charge in [-0.3, -0.25) is 0 Å². The van der Waals surface area contributed by atoms with E-state index >= 15 is 0 Å². The van der Waals surface area contributed by atoms with E-state index in [0.717, 1.165) is 24.2 Å². The number of anilines is 1. The van der Waals surface area contributed by atoms with E-state index in [1.54, 1.807) is 7.11 Å². The number of fused-ring (bicyclic) bond motifs is 1. The molecule has 0 fully saturated rings. The van der Waals surface area contributed by atoms with Crippen LogP contribution in [0, 0.1) is 0 Å². The summed E-state index contributed by atoms with van der Waals surface area (Å²) in [5.74, 6) is 0. The monoisotopic (exact) mass is 275 g/mol. The maximum atomic E-state index is 11.9. The van der Waals surface area contributed by atoms with E-state index in [1.807, 2.05) is 18.2 Å². The Morgan fingerprint density at radius 2 is 1.95 bits per heavy atom. The van der Waals surface area contributed by atoms with Crippen LogP contribution in [0.4, 0.5) is 5.69 Å². The molecule has 108 valence electrons. The van der Waals surface area contributed by atoms with Gasteiger partial charge in [0.25, 0.3) is 0 Å². The highest BCUT2D eigenvalue weighted by Gasteiger charge is 2.08. The van der Waals surface area contributed by atoms with Crippen LogP contribution in [0.3, 0.4) is 0 Å². The summed E-state index contributed by atoms with van der Waals surface area (Å²) in [5.41, 5.74) is 2.11. The molecule has 0 N–H and O–H groups in total. The number of hydrogen-bond acceptors (Lipinski definition) is 4. The highest BCUT2D eigenvalue weighted by Crippen LogP contribution is 2.22. The van der Waals surface area contributed by atoms with Gasteiger partial charge in [0, 0.05) is 49.3 Å². The van der Waals surface area contributed by atoms with Crippen molar-refractivity contribution >= 4 is 16.7 Å². The number of rotatable bonds is 6. The van der Waals surface area contributed by atoms with Crippen LogP contribution >= 0.6 is 0 Å². The number of hydrogen-bond donors (Lipinski definition) is 0. The molecule has 1 aromatic heterocycles. The Balaban J connectivity index is 2.42. The normalized spacial score (nSPS) is 10.9. The quantitative estimate of drug-likeness (QED) is 0.760. The lowest BCUT2D eigenvalue weighted by molar-refractivity contribution is 0.201. The van der Waals surface area contributed by atoms with Crippen LogP contribution in [0.5, 0.6) is 0 Å². The Morgan fingerprint density at radius 3 is 2.60 bits per heavy atom. The van der Waals surface area contributed by atoms with Crippen molar-refractivity contribution in [1.29, 1.82) is 0 Å². The van der Waals surface area contributed by atoms with Gasteiger partial charge < -0.3 is 14.1 Å². The number of nitrogens with zero attached hydrogens (tertiary/aromatic N) is 1. The zero-order valence-corrected chi connectivity index (χ0v) is 12.3. The van der Waals surface area contributed by atoms with Gasteiger partial charge in [-0.25, -0.2) is 4.79 Å². The fourth-order valence-electron chi connectivity index (χ4n) is 2.31. The summed E-state index contributed by atoms with van der Waals surface area (Å²) >= 11 is 0.